The number of ether oxygens (including phenoxy) is 1. The van der Waals surface area contributed by atoms with Crippen LogP contribution in [0.5, 0.6) is 0 Å². The Morgan fingerprint density at radius 1 is 1.03 bits per heavy atom. The number of β-amino-alcohol motifs (C(OH)–C–C–N with tert-alkyl or cyclic N) is 1. The second kappa shape index (κ2) is 8.76. The first-order valence-electron chi connectivity index (χ1n) is 10.1. The van der Waals surface area contributed by atoms with Crippen LogP contribution in [0.15, 0.2) is 46.9 Å². The summed E-state index contributed by atoms with van der Waals surface area (Å²) in [7, 11) is 0. The second-order valence-electron chi connectivity index (χ2n) is 7.53. The molecule has 152 valence electrons. The van der Waals surface area contributed by atoms with Crippen molar-refractivity contribution in [1.82, 2.24) is 4.90 Å². The third kappa shape index (κ3) is 4.18. The SMILES string of the molecule is O=C(OCc1ccccc1)c1c(C(=O)C2CCCN(CCO)CC2)c2ccc1o2. The number of benzene rings is 2. The molecule has 0 spiro atoms. The highest BCUT2D eigenvalue weighted by molar-refractivity contribution is 6.16. The minimum atomic E-state index is -0.526. The highest BCUT2D eigenvalue weighted by Crippen LogP contribution is 2.33. The van der Waals surface area contributed by atoms with Crippen LogP contribution in [-0.2, 0) is 11.3 Å². The molecule has 0 radical (unpaired) electrons. The fraction of sp³-hybridized carbons (Fsp3) is 0.391. The van der Waals surface area contributed by atoms with E-state index in [1.807, 2.05) is 30.3 Å². The Kier molecular flexibility index (Phi) is 5.92. The van der Waals surface area contributed by atoms with Crippen LogP contribution in [0.25, 0.3) is 11.2 Å². The minimum Gasteiger partial charge on any atom is -0.457 e. The fourth-order valence-electron chi connectivity index (χ4n) is 4.08. The Morgan fingerprint density at radius 2 is 1.79 bits per heavy atom. The number of hydrogen-bond donors (Lipinski definition) is 1. The van der Waals surface area contributed by atoms with Gasteiger partial charge in [0.1, 0.15) is 23.3 Å². The van der Waals surface area contributed by atoms with Crippen LogP contribution < -0.4 is 0 Å². The number of nitrogens with zero attached hydrogens (tertiary/aromatic N) is 1. The lowest BCUT2D eigenvalue weighted by molar-refractivity contribution is 0.0471. The molecule has 6 nitrogen and oxygen atoms in total. The molecule has 6 heteroatoms. The number of carbonyl (C=O) groups excluding carboxylic acids is 2. The molecule has 0 aliphatic carbocycles. The molecule has 1 N–H and O–H groups in total. The number of esters is 1. The minimum absolute atomic E-state index is 0.0446. The van der Waals surface area contributed by atoms with Gasteiger partial charge in [-0.3, -0.25) is 4.79 Å². The zero-order valence-corrected chi connectivity index (χ0v) is 16.3. The van der Waals surface area contributed by atoms with Crippen molar-refractivity contribution in [3.8, 4) is 0 Å². The standard InChI is InChI=1S/C23H25NO5/c25-14-13-24-11-4-7-17(10-12-24)22(26)20-18-8-9-19(29-18)21(20)23(27)28-15-16-5-2-1-3-6-16/h1-3,5-6,8-9,17,25H,4,7,10-15H2. The van der Waals surface area contributed by atoms with Crippen LogP contribution in [-0.4, -0.2) is 48.0 Å². The summed E-state index contributed by atoms with van der Waals surface area (Å²) >= 11 is 0. The zero-order valence-electron chi connectivity index (χ0n) is 16.3. The Hall–Kier alpha value is -2.70. The van der Waals surface area contributed by atoms with E-state index in [9.17, 15) is 9.59 Å². The normalized spacial score (nSPS) is 18.0. The molecule has 1 aliphatic rings. The number of ketones is 1. The number of furan rings is 2. The van der Waals surface area contributed by atoms with Crippen molar-refractivity contribution in [2.75, 3.05) is 26.2 Å². The summed E-state index contributed by atoms with van der Waals surface area (Å²) in [5, 5.41) is 9.16. The monoisotopic (exact) mass is 395 g/mol. The lowest BCUT2D eigenvalue weighted by atomic mass is 9.89. The van der Waals surface area contributed by atoms with E-state index in [0.717, 1.165) is 31.5 Å². The maximum atomic E-state index is 13.3. The summed E-state index contributed by atoms with van der Waals surface area (Å²) in [6.45, 7) is 2.54. The maximum Gasteiger partial charge on any atom is 0.343 e. The van der Waals surface area contributed by atoms with Crippen LogP contribution in [0, 0.1) is 5.92 Å². The molecule has 1 saturated heterocycles. The van der Waals surface area contributed by atoms with Gasteiger partial charge in [0.25, 0.3) is 0 Å². The maximum absolute atomic E-state index is 13.3. The van der Waals surface area contributed by atoms with Crippen LogP contribution >= 0.6 is 0 Å². The zero-order chi connectivity index (χ0) is 20.2. The van der Waals surface area contributed by atoms with E-state index in [4.69, 9.17) is 14.3 Å². The summed E-state index contributed by atoms with van der Waals surface area (Å²) < 4.78 is 11.1. The molecule has 3 aromatic rings. The van der Waals surface area contributed by atoms with Gasteiger partial charge in [-0.2, -0.15) is 0 Å². The molecule has 2 aromatic heterocycles. The molecule has 4 rings (SSSR count). The van der Waals surface area contributed by atoms with Crippen LogP contribution in [0.2, 0.25) is 0 Å². The van der Waals surface area contributed by atoms with Gasteiger partial charge in [0, 0.05) is 12.5 Å². The second-order valence-corrected chi connectivity index (χ2v) is 7.53. The number of Topliss-reactive ketones (excluding diaryl/α,β-unsaturated/α-hetero) is 1. The molecule has 29 heavy (non-hydrogen) atoms. The molecule has 3 heterocycles. The third-order valence-corrected chi connectivity index (χ3v) is 5.62. The van der Waals surface area contributed by atoms with Gasteiger partial charge < -0.3 is 19.2 Å². The average Bonchev–Trinajstić information content (AvgIpc) is 3.28. The quantitative estimate of drug-likeness (QED) is 0.487. The molecule has 0 saturated carbocycles. The lowest BCUT2D eigenvalue weighted by Crippen LogP contribution is -2.28. The Bertz CT molecular complexity index is 964. The van der Waals surface area contributed by atoms with Crippen molar-refractivity contribution < 1.29 is 23.8 Å². The smallest absolute Gasteiger partial charge is 0.343 e. The predicted molar refractivity (Wildman–Crippen MR) is 108 cm³/mol. The fourth-order valence-corrected chi connectivity index (χ4v) is 4.08. The van der Waals surface area contributed by atoms with E-state index in [1.165, 1.54) is 0 Å². The number of rotatable bonds is 7. The van der Waals surface area contributed by atoms with E-state index in [2.05, 4.69) is 4.90 Å². The number of carbonyl (C=O) groups is 2. The lowest BCUT2D eigenvalue weighted by Gasteiger charge is -2.18. The summed E-state index contributed by atoms with van der Waals surface area (Å²) in [5.41, 5.74) is 2.35. The Morgan fingerprint density at radius 3 is 2.55 bits per heavy atom. The molecule has 1 fully saturated rings. The van der Waals surface area contributed by atoms with E-state index < -0.39 is 5.97 Å². The number of likely N-dealkylation sites (tertiary alicyclic amines) is 1. The first-order chi connectivity index (χ1) is 14.2. The number of aliphatic hydroxyl groups excluding tert-OH is 1. The molecule has 1 aromatic carbocycles. The van der Waals surface area contributed by atoms with Crippen molar-refractivity contribution in [2.24, 2.45) is 5.92 Å². The van der Waals surface area contributed by atoms with Gasteiger partial charge >= 0.3 is 5.97 Å². The van der Waals surface area contributed by atoms with Gasteiger partial charge in [-0.15, -0.1) is 0 Å². The Balaban J connectivity index is 1.51. The van der Waals surface area contributed by atoms with Crippen molar-refractivity contribution >= 4 is 22.9 Å². The number of aliphatic hydroxyl groups is 1. The van der Waals surface area contributed by atoms with Gasteiger partial charge in [-0.1, -0.05) is 30.3 Å². The molecular formula is C23H25NO5. The van der Waals surface area contributed by atoms with Crippen molar-refractivity contribution in [3.63, 3.8) is 0 Å². The highest BCUT2D eigenvalue weighted by atomic mass is 16.5. The van der Waals surface area contributed by atoms with Gasteiger partial charge in [0.15, 0.2) is 5.78 Å². The molecule has 0 amide bonds. The topological polar surface area (TPSA) is 80.0 Å². The molecule has 1 aliphatic heterocycles. The van der Waals surface area contributed by atoms with Gasteiger partial charge in [-0.05, 0) is 50.0 Å². The summed E-state index contributed by atoms with van der Waals surface area (Å²) in [6, 6.07) is 12.9. The summed E-state index contributed by atoms with van der Waals surface area (Å²) in [5.74, 6) is -0.728. The van der Waals surface area contributed by atoms with Crippen LogP contribution in [0.3, 0.4) is 0 Å². The molecule has 1 unspecified atom stereocenters. The van der Waals surface area contributed by atoms with Crippen LogP contribution in [0.4, 0.5) is 0 Å². The predicted octanol–water partition coefficient (Wildman–Crippen LogP) is 3.50. The van der Waals surface area contributed by atoms with Gasteiger partial charge in [0.05, 0.1) is 12.2 Å². The van der Waals surface area contributed by atoms with Crippen molar-refractivity contribution in [1.29, 1.82) is 0 Å². The summed E-state index contributed by atoms with van der Waals surface area (Å²) in [6.07, 6.45) is 2.37. The van der Waals surface area contributed by atoms with E-state index in [0.29, 0.717) is 29.7 Å². The first kappa shape index (κ1) is 19.6. The highest BCUT2D eigenvalue weighted by Gasteiger charge is 2.33. The molecular weight excluding hydrogens is 370 g/mol. The van der Waals surface area contributed by atoms with E-state index in [-0.39, 0.29) is 30.5 Å². The van der Waals surface area contributed by atoms with E-state index in [1.54, 1.807) is 12.1 Å². The van der Waals surface area contributed by atoms with Gasteiger partial charge in [0.2, 0.25) is 0 Å². The first-order valence-corrected chi connectivity index (χ1v) is 10.1. The number of hydrogen-bond acceptors (Lipinski definition) is 6. The van der Waals surface area contributed by atoms with Gasteiger partial charge in [-0.25, -0.2) is 4.79 Å². The largest absolute Gasteiger partial charge is 0.457 e. The van der Waals surface area contributed by atoms with E-state index >= 15 is 0 Å². The Labute approximate surface area is 169 Å². The third-order valence-electron chi connectivity index (χ3n) is 5.62. The van der Waals surface area contributed by atoms with Crippen molar-refractivity contribution in [2.45, 2.75) is 25.9 Å². The molecule has 2 bridgehead atoms. The number of fused-ring (bicyclic) bond motifs is 2. The average molecular weight is 395 g/mol. The van der Waals surface area contributed by atoms with Crippen LogP contribution in [0.1, 0.15) is 45.5 Å². The molecule has 1 atom stereocenters. The van der Waals surface area contributed by atoms with Crippen molar-refractivity contribution in [3.05, 3.63) is 59.2 Å². The summed E-state index contributed by atoms with van der Waals surface area (Å²) in [4.78, 5) is 28.3.